The van der Waals surface area contributed by atoms with Crippen LogP contribution in [0.4, 0.5) is 0 Å². The molecule has 1 rings (SSSR count). The van der Waals surface area contributed by atoms with E-state index in [9.17, 15) is 0 Å². The van der Waals surface area contributed by atoms with Crippen LogP contribution < -0.4 is 4.57 Å². The van der Waals surface area contributed by atoms with Crippen molar-refractivity contribution in [3.63, 3.8) is 0 Å². The van der Waals surface area contributed by atoms with Gasteiger partial charge in [0.05, 0.1) is 0 Å². The number of unbranched alkanes of at least 4 members (excludes halogenated alkanes) is 39. The fraction of sp³-hybridized carbons (Fsp3) is 0.906. The van der Waals surface area contributed by atoms with E-state index in [2.05, 4.69) is 43.8 Å². The minimum absolute atomic E-state index is 1.22. The summed E-state index contributed by atoms with van der Waals surface area (Å²) in [6.07, 6.45) is 68.3. The van der Waals surface area contributed by atoms with E-state index in [4.69, 9.17) is 0 Å². The maximum Gasteiger partial charge on any atom is 0.171 e. The first-order valence-electron chi connectivity index (χ1n) is 25.8. The van der Waals surface area contributed by atoms with Crippen LogP contribution >= 0.6 is 0 Å². The summed E-state index contributed by atoms with van der Waals surface area (Å²) < 4.78 is 2.59. The van der Waals surface area contributed by atoms with Crippen molar-refractivity contribution in [3.05, 3.63) is 29.6 Å². The van der Waals surface area contributed by atoms with Gasteiger partial charge in [0.25, 0.3) is 0 Å². The third-order valence-electron chi connectivity index (χ3n) is 12.4. The Kier molecular flexibility index (Phi) is 41.0. The number of pyridine rings is 1. The molecule has 0 aliphatic carbocycles. The molecule has 0 spiro atoms. The summed E-state index contributed by atoms with van der Waals surface area (Å²) in [5.74, 6) is 0. The van der Waals surface area contributed by atoms with E-state index in [1.54, 1.807) is 11.1 Å². The Morgan fingerprint density at radius 3 is 0.704 bits per heavy atom. The second-order valence-electron chi connectivity index (χ2n) is 18.1. The summed E-state index contributed by atoms with van der Waals surface area (Å²) in [4.78, 5) is 0. The van der Waals surface area contributed by atoms with E-state index in [1.807, 2.05) is 0 Å². The van der Waals surface area contributed by atoms with E-state index >= 15 is 0 Å². The van der Waals surface area contributed by atoms with Crippen LogP contribution in [0.1, 0.15) is 302 Å². The number of hydrogen-bond acceptors (Lipinski definition) is 0. The molecule has 318 valence electrons. The van der Waals surface area contributed by atoms with Crippen LogP contribution in [-0.4, -0.2) is 0 Å². The van der Waals surface area contributed by atoms with E-state index in [-0.39, 0.29) is 0 Å². The predicted octanol–water partition coefficient (Wildman–Crippen LogP) is 18.5. The van der Waals surface area contributed by atoms with E-state index in [1.165, 1.54) is 289 Å². The second-order valence-corrected chi connectivity index (χ2v) is 18.1. The van der Waals surface area contributed by atoms with Crippen LogP contribution in [-0.2, 0) is 19.4 Å². The smallest absolute Gasteiger partial charge is 0.171 e. The molecule has 0 aromatic carbocycles. The van der Waals surface area contributed by atoms with Crippen molar-refractivity contribution >= 4 is 0 Å². The lowest BCUT2D eigenvalue weighted by atomic mass is 10.0. The molecule has 1 heterocycles. The van der Waals surface area contributed by atoms with Gasteiger partial charge in [-0.05, 0) is 38.2 Å². The molecule has 0 N–H and O–H groups in total. The molecule has 1 nitrogen and oxygen atoms in total. The first-order chi connectivity index (χ1) is 26.8. The predicted molar refractivity (Wildman–Crippen MR) is 245 cm³/mol. The normalized spacial score (nSPS) is 11.6. The molecule has 0 atom stereocenters. The van der Waals surface area contributed by atoms with Gasteiger partial charge in [0.15, 0.2) is 12.4 Å². The molecule has 0 fully saturated rings. The Morgan fingerprint density at radius 2 is 0.463 bits per heavy atom. The third kappa shape index (κ3) is 36.8. The Bertz CT molecular complexity index is 789. The third-order valence-corrected chi connectivity index (χ3v) is 12.4. The molecule has 0 unspecified atom stereocenters. The van der Waals surface area contributed by atoms with Crippen LogP contribution in [0.5, 0.6) is 0 Å². The molecular formula is C53H102N+. The average Bonchev–Trinajstić information content (AvgIpc) is 3.18. The van der Waals surface area contributed by atoms with E-state index in [0.717, 1.165) is 0 Å². The van der Waals surface area contributed by atoms with Crippen molar-refractivity contribution in [3.8, 4) is 0 Å². The van der Waals surface area contributed by atoms with E-state index < -0.39 is 0 Å². The largest absolute Gasteiger partial charge is 0.205 e. The summed E-state index contributed by atoms with van der Waals surface area (Å²) in [6, 6.07) is 2.59. The van der Waals surface area contributed by atoms with Crippen molar-refractivity contribution in [1.29, 1.82) is 0 Å². The van der Waals surface area contributed by atoms with Gasteiger partial charge in [0, 0.05) is 17.5 Å². The Morgan fingerprint density at radius 1 is 0.259 bits per heavy atom. The lowest BCUT2D eigenvalue weighted by Gasteiger charge is -2.08. The molecule has 0 saturated carbocycles. The Labute approximate surface area is 342 Å². The minimum Gasteiger partial charge on any atom is -0.205 e. The van der Waals surface area contributed by atoms with Crippen molar-refractivity contribution in [2.75, 3.05) is 0 Å². The number of hydrogen-bond donors (Lipinski definition) is 0. The lowest BCUT2D eigenvalue weighted by molar-refractivity contribution is -0.698. The summed E-state index contributed by atoms with van der Waals surface area (Å²) in [7, 11) is 0. The highest BCUT2D eigenvalue weighted by Gasteiger charge is 2.09. The summed E-state index contributed by atoms with van der Waals surface area (Å²) >= 11 is 0. The number of aryl methyl sites for hydroxylation is 3. The zero-order chi connectivity index (χ0) is 38.7. The van der Waals surface area contributed by atoms with Gasteiger partial charge < -0.3 is 0 Å². The molecule has 0 saturated heterocycles. The molecule has 1 aromatic heterocycles. The molecule has 54 heavy (non-hydrogen) atoms. The molecule has 0 radical (unpaired) electrons. The highest BCUT2D eigenvalue weighted by Crippen LogP contribution is 2.18. The van der Waals surface area contributed by atoms with Crippen molar-refractivity contribution in [2.45, 2.75) is 310 Å². The van der Waals surface area contributed by atoms with Gasteiger partial charge >= 0.3 is 0 Å². The van der Waals surface area contributed by atoms with Gasteiger partial charge in [0.1, 0.15) is 6.54 Å². The highest BCUT2D eigenvalue weighted by atomic mass is 14.9. The maximum absolute atomic E-state index is 2.59. The Hall–Kier alpha value is -0.850. The standard InChI is InChI=1S/C53H102N/c1-4-7-10-13-16-19-22-24-26-28-30-32-34-37-40-43-46-52-49-53(51-54(50-52)48-45-42-39-36-21-18-15-12-9-6-3)47-44-41-38-35-33-31-29-27-25-23-20-17-14-11-8-5-2/h49-51H,4-48H2,1-3H3/q+1. The first kappa shape index (κ1) is 51.2. The summed E-state index contributed by atoms with van der Waals surface area (Å²) in [6.45, 7) is 8.17. The van der Waals surface area contributed by atoms with Crippen LogP contribution in [0.3, 0.4) is 0 Å². The molecule has 0 bridgehead atoms. The van der Waals surface area contributed by atoms with Crippen LogP contribution in [0, 0.1) is 0 Å². The maximum atomic E-state index is 2.59. The van der Waals surface area contributed by atoms with Gasteiger partial charge in [-0.25, -0.2) is 4.57 Å². The molecule has 0 aliphatic heterocycles. The molecule has 1 aromatic rings. The monoisotopic (exact) mass is 753 g/mol. The quantitative estimate of drug-likeness (QED) is 0.0461. The van der Waals surface area contributed by atoms with E-state index in [0.29, 0.717) is 0 Å². The topological polar surface area (TPSA) is 3.88 Å². The van der Waals surface area contributed by atoms with Gasteiger partial charge in [-0.1, -0.05) is 265 Å². The zero-order valence-electron chi connectivity index (χ0n) is 38.0. The number of nitrogens with zero attached hydrogens (tertiary/aromatic N) is 1. The average molecular weight is 753 g/mol. The van der Waals surface area contributed by atoms with Gasteiger partial charge in [-0.15, -0.1) is 0 Å². The second kappa shape index (κ2) is 43.3. The molecule has 0 aliphatic rings. The first-order valence-corrected chi connectivity index (χ1v) is 25.8. The highest BCUT2D eigenvalue weighted by molar-refractivity contribution is 5.15. The van der Waals surface area contributed by atoms with Gasteiger partial charge in [0.2, 0.25) is 0 Å². The lowest BCUT2D eigenvalue weighted by Crippen LogP contribution is -2.34. The molecule has 0 amide bonds. The van der Waals surface area contributed by atoms with Gasteiger partial charge in [-0.3, -0.25) is 0 Å². The van der Waals surface area contributed by atoms with Crippen LogP contribution in [0.15, 0.2) is 18.5 Å². The molecular weight excluding hydrogens is 651 g/mol. The minimum atomic E-state index is 1.22. The van der Waals surface area contributed by atoms with Crippen LogP contribution in [0.25, 0.3) is 0 Å². The van der Waals surface area contributed by atoms with Crippen molar-refractivity contribution in [1.82, 2.24) is 0 Å². The SMILES string of the molecule is CCCCCCCCCCCCCCCCCCc1cc(CCCCCCCCCCCCCCCCCC)c[n+](CCCCCCCCCCCC)c1. The fourth-order valence-corrected chi connectivity index (χ4v) is 8.71. The van der Waals surface area contributed by atoms with Gasteiger partial charge in [-0.2, -0.15) is 0 Å². The molecule has 1 heteroatoms. The number of rotatable bonds is 45. The number of aromatic nitrogens is 1. The van der Waals surface area contributed by atoms with Crippen LogP contribution in [0.2, 0.25) is 0 Å². The summed E-state index contributed by atoms with van der Waals surface area (Å²) in [5, 5.41) is 0. The van der Waals surface area contributed by atoms with Crippen molar-refractivity contribution < 1.29 is 4.57 Å². The summed E-state index contributed by atoms with van der Waals surface area (Å²) in [5.41, 5.74) is 3.22. The zero-order valence-corrected chi connectivity index (χ0v) is 38.0. The Balaban J connectivity index is 2.25. The van der Waals surface area contributed by atoms with Crippen molar-refractivity contribution in [2.24, 2.45) is 0 Å². The fourth-order valence-electron chi connectivity index (χ4n) is 8.71.